The lowest BCUT2D eigenvalue weighted by atomic mass is 10.1. The molecule has 1 heterocycles. The molecular weight excluding hydrogens is 428 g/mol. The van der Waals surface area contributed by atoms with Crippen LogP contribution in [-0.2, 0) is 6.54 Å². The monoisotopic (exact) mass is 448 g/mol. The Kier molecular flexibility index (Phi) is 7.24. The van der Waals surface area contributed by atoms with Crippen molar-refractivity contribution in [1.29, 1.82) is 0 Å². The zero-order valence-corrected chi connectivity index (χ0v) is 17.1. The zero-order valence-electron chi connectivity index (χ0n) is 17.1. The van der Waals surface area contributed by atoms with E-state index in [-0.39, 0.29) is 12.3 Å². The van der Waals surface area contributed by atoms with Crippen molar-refractivity contribution in [1.82, 2.24) is 14.9 Å². The minimum absolute atomic E-state index is 0.282. The van der Waals surface area contributed by atoms with Gasteiger partial charge < -0.3 is 15.0 Å². The Morgan fingerprint density at radius 1 is 1.09 bits per heavy atom. The molecule has 0 aliphatic heterocycles. The van der Waals surface area contributed by atoms with Gasteiger partial charge in [-0.2, -0.15) is 0 Å². The summed E-state index contributed by atoms with van der Waals surface area (Å²) in [7, 11) is 0. The standard InChI is InChI=1S/C22H20F4N4O2/c1-2-10-30(21(31)29-18-6-8-19(9-7-18)32-22(24,25)26)14-15-4-3-5-16(11-15)20-27-12-17(23)13-28-20/h3-9,11-13H,2,10,14H2,1H3,(H,29,31). The third kappa shape index (κ3) is 6.66. The third-order valence-electron chi connectivity index (χ3n) is 4.30. The van der Waals surface area contributed by atoms with Gasteiger partial charge in [-0.1, -0.05) is 25.1 Å². The Morgan fingerprint density at radius 3 is 2.41 bits per heavy atom. The zero-order chi connectivity index (χ0) is 23.1. The predicted molar refractivity (Wildman–Crippen MR) is 110 cm³/mol. The summed E-state index contributed by atoms with van der Waals surface area (Å²) in [6, 6.07) is 11.7. The van der Waals surface area contributed by atoms with E-state index in [1.165, 1.54) is 12.1 Å². The second-order valence-electron chi connectivity index (χ2n) is 6.85. The van der Waals surface area contributed by atoms with E-state index < -0.39 is 18.2 Å². The molecule has 0 saturated carbocycles. The van der Waals surface area contributed by atoms with Gasteiger partial charge in [0.1, 0.15) is 5.75 Å². The smallest absolute Gasteiger partial charge is 0.406 e. The number of rotatable bonds is 7. The number of aromatic nitrogens is 2. The number of carbonyl (C=O) groups excluding carboxylic acids is 1. The first-order chi connectivity index (χ1) is 15.2. The molecule has 1 aromatic heterocycles. The molecule has 0 unspecified atom stereocenters. The van der Waals surface area contributed by atoms with E-state index in [0.717, 1.165) is 30.1 Å². The Hall–Kier alpha value is -3.69. The van der Waals surface area contributed by atoms with Crippen molar-refractivity contribution in [3.05, 3.63) is 72.3 Å². The summed E-state index contributed by atoms with van der Waals surface area (Å²) in [5, 5.41) is 2.67. The summed E-state index contributed by atoms with van der Waals surface area (Å²) in [6.07, 6.45) is -1.92. The van der Waals surface area contributed by atoms with Gasteiger partial charge in [-0.05, 0) is 42.3 Å². The van der Waals surface area contributed by atoms with Gasteiger partial charge in [0.15, 0.2) is 11.6 Å². The maximum absolute atomic E-state index is 13.1. The van der Waals surface area contributed by atoms with Gasteiger partial charge in [0, 0.05) is 24.3 Å². The normalized spacial score (nSPS) is 11.2. The molecule has 2 amide bonds. The minimum atomic E-state index is -4.78. The number of halogens is 4. The molecular formula is C22H20F4N4O2. The molecule has 6 nitrogen and oxygen atoms in total. The first kappa shape index (κ1) is 23.0. The molecule has 0 aliphatic rings. The van der Waals surface area contributed by atoms with Crippen molar-refractivity contribution >= 4 is 11.7 Å². The number of anilines is 1. The summed E-state index contributed by atoms with van der Waals surface area (Å²) >= 11 is 0. The summed E-state index contributed by atoms with van der Waals surface area (Å²) < 4.78 is 53.7. The topological polar surface area (TPSA) is 67.4 Å². The van der Waals surface area contributed by atoms with Crippen molar-refractivity contribution in [3.63, 3.8) is 0 Å². The summed E-state index contributed by atoms with van der Waals surface area (Å²) in [6.45, 7) is 2.66. The van der Waals surface area contributed by atoms with Gasteiger partial charge in [0.05, 0.1) is 12.4 Å². The van der Waals surface area contributed by atoms with Crippen LogP contribution in [0.5, 0.6) is 5.75 Å². The predicted octanol–water partition coefficient (Wildman–Crippen LogP) is 5.63. The fraction of sp³-hybridized carbons (Fsp3) is 0.227. The Bertz CT molecular complexity index is 1040. The lowest BCUT2D eigenvalue weighted by Crippen LogP contribution is -2.35. The van der Waals surface area contributed by atoms with E-state index in [0.29, 0.717) is 30.0 Å². The minimum Gasteiger partial charge on any atom is -0.406 e. The van der Waals surface area contributed by atoms with Crippen LogP contribution < -0.4 is 10.1 Å². The van der Waals surface area contributed by atoms with Gasteiger partial charge in [-0.25, -0.2) is 19.2 Å². The lowest BCUT2D eigenvalue weighted by Gasteiger charge is -2.23. The quantitative estimate of drug-likeness (QED) is 0.476. The first-order valence-corrected chi connectivity index (χ1v) is 9.72. The molecule has 3 rings (SSSR count). The highest BCUT2D eigenvalue weighted by Gasteiger charge is 2.31. The number of amides is 2. The van der Waals surface area contributed by atoms with Crippen LogP contribution in [0.15, 0.2) is 60.9 Å². The molecule has 32 heavy (non-hydrogen) atoms. The lowest BCUT2D eigenvalue weighted by molar-refractivity contribution is -0.274. The van der Waals surface area contributed by atoms with Gasteiger partial charge in [0.2, 0.25) is 0 Å². The van der Waals surface area contributed by atoms with E-state index >= 15 is 0 Å². The Labute approximate surface area is 181 Å². The average Bonchev–Trinajstić information content (AvgIpc) is 2.74. The van der Waals surface area contributed by atoms with Crippen LogP contribution in [0, 0.1) is 5.82 Å². The highest BCUT2D eigenvalue weighted by atomic mass is 19.4. The molecule has 168 valence electrons. The number of urea groups is 1. The SMILES string of the molecule is CCCN(Cc1cccc(-c2ncc(F)cn2)c1)C(=O)Nc1ccc(OC(F)(F)F)cc1. The number of benzene rings is 2. The number of ether oxygens (including phenoxy) is 1. The van der Waals surface area contributed by atoms with Crippen molar-refractivity contribution in [2.24, 2.45) is 0 Å². The third-order valence-corrected chi connectivity index (χ3v) is 4.30. The molecule has 3 aromatic rings. The summed E-state index contributed by atoms with van der Waals surface area (Å²) in [5.74, 6) is -0.546. The van der Waals surface area contributed by atoms with Crippen LogP contribution in [0.1, 0.15) is 18.9 Å². The first-order valence-electron chi connectivity index (χ1n) is 9.72. The number of nitrogens with zero attached hydrogens (tertiary/aromatic N) is 3. The molecule has 0 saturated heterocycles. The van der Waals surface area contributed by atoms with E-state index in [9.17, 15) is 22.4 Å². The summed E-state index contributed by atoms with van der Waals surface area (Å²) in [4.78, 5) is 22.3. The molecule has 0 aliphatic carbocycles. The number of carbonyl (C=O) groups is 1. The maximum atomic E-state index is 13.1. The second-order valence-corrected chi connectivity index (χ2v) is 6.85. The van der Waals surface area contributed by atoms with Crippen LogP contribution in [0.25, 0.3) is 11.4 Å². The Balaban J connectivity index is 1.69. The van der Waals surface area contributed by atoms with Gasteiger partial charge in [-0.15, -0.1) is 13.2 Å². The number of nitrogens with one attached hydrogen (secondary N) is 1. The maximum Gasteiger partial charge on any atom is 0.573 e. The Morgan fingerprint density at radius 2 is 1.78 bits per heavy atom. The molecule has 0 spiro atoms. The van der Waals surface area contributed by atoms with E-state index in [4.69, 9.17) is 0 Å². The number of hydrogen-bond acceptors (Lipinski definition) is 4. The van der Waals surface area contributed by atoms with Crippen LogP contribution >= 0.6 is 0 Å². The molecule has 0 fully saturated rings. The molecule has 1 N–H and O–H groups in total. The average molecular weight is 448 g/mol. The van der Waals surface area contributed by atoms with Crippen LogP contribution in [-0.4, -0.2) is 33.8 Å². The van der Waals surface area contributed by atoms with Crippen molar-refractivity contribution in [3.8, 4) is 17.1 Å². The molecule has 2 aromatic carbocycles. The number of alkyl halides is 3. The van der Waals surface area contributed by atoms with Gasteiger partial charge >= 0.3 is 12.4 Å². The molecule has 0 atom stereocenters. The van der Waals surface area contributed by atoms with Crippen molar-refractivity contribution < 1.29 is 27.1 Å². The molecule has 0 bridgehead atoms. The molecule has 0 radical (unpaired) electrons. The largest absolute Gasteiger partial charge is 0.573 e. The van der Waals surface area contributed by atoms with Gasteiger partial charge in [-0.3, -0.25) is 0 Å². The highest BCUT2D eigenvalue weighted by Crippen LogP contribution is 2.24. The fourth-order valence-corrected chi connectivity index (χ4v) is 2.96. The van der Waals surface area contributed by atoms with Gasteiger partial charge in [0.25, 0.3) is 0 Å². The van der Waals surface area contributed by atoms with Crippen molar-refractivity contribution in [2.45, 2.75) is 26.3 Å². The van der Waals surface area contributed by atoms with Crippen LogP contribution in [0.2, 0.25) is 0 Å². The second kappa shape index (κ2) is 10.1. The highest BCUT2D eigenvalue weighted by molar-refractivity contribution is 5.89. The van der Waals surface area contributed by atoms with E-state index in [1.807, 2.05) is 19.1 Å². The van der Waals surface area contributed by atoms with Crippen molar-refractivity contribution in [2.75, 3.05) is 11.9 Å². The summed E-state index contributed by atoms with van der Waals surface area (Å²) in [5.41, 5.74) is 1.83. The fourth-order valence-electron chi connectivity index (χ4n) is 2.96. The van der Waals surface area contributed by atoms with Crippen LogP contribution in [0.4, 0.5) is 28.0 Å². The molecule has 10 heteroatoms. The van der Waals surface area contributed by atoms with E-state index in [2.05, 4.69) is 20.0 Å². The van der Waals surface area contributed by atoms with E-state index in [1.54, 1.807) is 17.0 Å². The van der Waals surface area contributed by atoms with Crippen LogP contribution in [0.3, 0.4) is 0 Å². The number of hydrogen-bond donors (Lipinski definition) is 1.